The maximum atomic E-state index is 12.7. The molecular formula is C28H52N2O2Si. The average molecular weight is 477 g/mol. The van der Waals surface area contributed by atoms with Crippen molar-refractivity contribution in [3.63, 3.8) is 0 Å². The molecule has 3 saturated carbocycles. The van der Waals surface area contributed by atoms with Gasteiger partial charge in [-0.25, -0.2) is 0 Å². The van der Waals surface area contributed by atoms with Gasteiger partial charge in [0.25, 0.3) is 0 Å². The van der Waals surface area contributed by atoms with Gasteiger partial charge in [0.05, 0.1) is 22.9 Å². The Labute approximate surface area is 207 Å². The molecule has 33 heavy (non-hydrogen) atoms. The van der Waals surface area contributed by atoms with Crippen LogP contribution in [0.15, 0.2) is 0 Å². The Morgan fingerprint density at radius 2 is 1.39 bits per heavy atom. The molecule has 4 rings (SSSR count). The molecule has 1 heterocycles. The molecule has 3 aliphatic carbocycles. The summed E-state index contributed by atoms with van der Waals surface area (Å²) >= 11 is 0. The van der Waals surface area contributed by atoms with Gasteiger partial charge in [-0.05, 0) is 63.2 Å². The summed E-state index contributed by atoms with van der Waals surface area (Å²) < 4.78 is 8.49. The number of rotatable bonds is 7. The Morgan fingerprint density at radius 3 is 1.91 bits per heavy atom. The zero-order valence-corrected chi connectivity index (χ0v) is 24.0. The summed E-state index contributed by atoms with van der Waals surface area (Å²) in [5.74, 6) is 2.52. The number of nitrogens with zero attached hydrogens (tertiary/aromatic N) is 2. The highest BCUT2D eigenvalue weighted by molar-refractivity contribution is 6.05. The topological polar surface area (TPSA) is 32.8 Å². The van der Waals surface area contributed by atoms with Crippen molar-refractivity contribution >= 4 is 16.4 Å². The largest absolute Gasteiger partial charge is 0.466 e. The summed E-state index contributed by atoms with van der Waals surface area (Å²) in [6.45, 7) is 7.82. The maximum absolute atomic E-state index is 12.7. The quantitative estimate of drug-likeness (QED) is 0.385. The average Bonchev–Trinajstić information content (AvgIpc) is 2.86. The molecule has 4 nitrogen and oxygen atoms in total. The first-order chi connectivity index (χ1) is 16.1. The van der Waals surface area contributed by atoms with Crippen LogP contribution in [0.1, 0.15) is 110 Å². The molecule has 5 heteroatoms. The molecule has 0 spiro atoms. The number of ether oxygens (including phenoxy) is 1. The van der Waals surface area contributed by atoms with Crippen molar-refractivity contribution < 1.29 is 9.53 Å². The van der Waals surface area contributed by atoms with Crippen LogP contribution < -0.4 is 0 Å². The molecule has 1 saturated heterocycles. The molecule has 0 aromatic carbocycles. The van der Waals surface area contributed by atoms with Gasteiger partial charge in [0.15, 0.2) is 0 Å². The van der Waals surface area contributed by atoms with Crippen molar-refractivity contribution in [2.24, 2.45) is 23.7 Å². The minimum absolute atomic E-state index is 0.00845. The van der Waals surface area contributed by atoms with E-state index in [0.717, 1.165) is 30.8 Å². The second-order valence-electron chi connectivity index (χ2n) is 12.0. The standard InChI is InChI=1S/C28H52N2O2Si/c1-3-32-27(31)22(2)21-29-19-20-30(33)28(24-15-9-5-10-16-24,25-17-11-6-12-18-25)26(29)23-13-7-4-8-14-23/h22-26H,3-21H2,1-2,33H3. The lowest BCUT2D eigenvalue weighted by Crippen LogP contribution is -2.75. The highest BCUT2D eigenvalue weighted by atomic mass is 28.2. The summed E-state index contributed by atoms with van der Waals surface area (Å²) in [6, 6.07) is 0.645. The van der Waals surface area contributed by atoms with Crippen molar-refractivity contribution in [1.29, 1.82) is 0 Å². The van der Waals surface area contributed by atoms with Crippen LogP contribution in [0.5, 0.6) is 0 Å². The van der Waals surface area contributed by atoms with Gasteiger partial charge in [-0.15, -0.1) is 0 Å². The monoisotopic (exact) mass is 476 g/mol. The third-order valence-electron chi connectivity index (χ3n) is 10.1. The summed E-state index contributed by atoms with van der Waals surface area (Å²) in [6.07, 6.45) is 21.5. The van der Waals surface area contributed by atoms with Crippen LogP contribution in [0.2, 0.25) is 0 Å². The molecule has 0 bridgehead atoms. The number of carbonyl (C=O) groups is 1. The third-order valence-corrected chi connectivity index (χ3v) is 11.3. The fourth-order valence-electron chi connectivity index (χ4n) is 8.74. The fraction of sp³-hybridized carbons (Fsp3) is 0.964. The Morgan fingerprint density at radius 1 is 0.879 bits per heavy atom. The van der Waals surface area contributed by atoms with Gasteiger partial charge in [-0.1, -0.05) is 64.7 Å². The first-order valence-electron chi connectivity index (χ1n) is 14.7. The molecule has 0 amide bonds. The van der Waals surface area contributed by atoms with Crippen molar-refractivity contribution in [3.05, 3.63) is 0 Å². The highest BCUT2D eigenvalue weighted by Crippen LogP contribution is 2.53. The van der Waals surface area contributed by atoms with Crippen LogP contribution >= 0.6 is 0 Å². The van der Waals surface area contributed by atoms with Crippen LogP contribution in [0.25, 0.3) is 0 Å². The van der Waals surface area contributed by atoms with E-state index in [1.165, 1.54) is 113 Å². The van der Waals surface area contributed by atoms with Gasteiger partial charge in [0.1, 0.15) is 0 Å². The number of hydrogen-bond donors (Lipinski definition) is 0. The van der Waals surface area contributed by atoms with E-state index < -0.39 is 0 Å². The van der Waals surface area contributed by atoms with Crippen molar-refractivity contribution in [3.8, 4) is 0 Å². The molecule has 4 aliphatic rings. The molecule has 0 aromatic heterocycles. The van der Waals surface area contributed by atoms with Gasteiger partial charge in [-0.2, -0.15) is 0 Å². The number of esters is 1. The zero-order chi connectivity index (χ0) is 23.3. The van der Waals surface area contributed by atoms with E-state index in [4.69, 9.17) is 4.74 Å². The molecule has 1 aliphatic heterocycles. The molecule has 0 radical (unpaired) electrons. The van der Waals surface area contributed by atoms with E-state index in [0.29, 0.717) is 18.2 Å². The first kappa shape index (κ1) is 25.7. The lowest BCUT2D eigenvalue weighted by atomic mass is 9.56. The normalized spacial score (nSPS) is 30.3. The van der Waals surface area contributed by atoms with E-state index >= 15 is 0 Å². The van der Waals surface area contributed by atoms with Crippen molar-refractivity contribution in [1.82, 2.24) is 9.47 Å². The molecule has 4 fully saturated rings. The Kier molecular flexibility index (Phi) is 9.37. The number of piperazine rings is 1. The van der Waals surface area contributed by atoms with E-state index in [2.05, 4.69) is 16.4 Å². The SMILES string of the molecule is CCOC(=O)C(C)CN1CCN([SiH3])C(C2CCCCC2)(C2CCCCC2)C1C1CCCCC1. The zero-order valence-electron chi connectivity index (χ0n) is 22.0. The second kappa shape index (κ2) is 12.0. The van der Waals surface area contributed by atoms with Gasteiger partial charge in [0, 0.05) is 31.2 Å². The van der Waals surface area contributed by atoms with E-state index in [1.807, 2.05) is 6.92 Å². The molecule has 0 N–H and O–H groups in total. The highest BCUT2D eigenvalue weighted by Gasteiger charge is 2.58. The van der Waals surface area contributed by atoms with Crippen LogP contribution in [0.3, 0.4) is 0 Å². The Hall–Kier alpha value is -0.393. The minimum atomic E-state index is -0.0212. The van der Waals surface area contributed by atoms with E-state index in [1.54, 1.807) is 0 Å². The smallest absolute Gasteiger partial charge is 0.309 e. The maximum Gasteiger partial charge on any atom is 0.309 e. The minimum Gasteiger partial charge on any atom is -0.466 e. The summed E-state index contributed by atoms with van der Waals surface area (Å²) in [7, 11) is 1.19. The first-order valence-corrected chi connectivity index (χ1v) is 15.6. The summed E-state index contributed by atoms with van der Waals surface area (Å²) in [5, 5.41) is 0. The Balaban J connectivity index is 1.72. The molecule has 2 unspecified atom stereocenters. The predicted octanol–water partition coefficient (Wildman–Crippen LogP) is 4.93. The van der Waals surface area contributed by atoms with Crippen molar-refractivity contribution in [2.45, 2.75) is 122 Å². The number of hydrogen-bond acceptors (Lipinski definition) is 4. The third kappa shape index (κ3) is 5.40. The van der Waals surface area contributed by atoms with Gasteiger partial charge >= 0.3 is 5.97 Å². The van der Waals surface area contributed by atoms with Crippen LogP contribution in [0, 0.1) is 23.7 Å². The van der Waals surface area contributed by atoms with Crippen LogP contribution in [0.4, 0.5) is 0 Å². The lowest BCUT2D eigenvalue weighted by molar-refractivity contribution is -0.152. The summed E-state index contributed by atoms with van der Waals surface area (Å²) in [5.41, 5.74) is 0.363. The number of carbonyl (C=O) groups excluding carboxylic acids is 1. The van der Waals surface area contributed by atoms with Crippen LogP contribution in [-0.4, -0.2) is 63.7 Å². The summed E-state index contributed by atoms with van der Waals surface area (Å²) in [4.78, 5) is 15.5. The van der Waals surface area contributed by atoms with Gasteiger partial charge < -0.3 is 9.30 Å². The van der Waals surface area contributed by atoms with Gasteiger partial charge in [-0.3, -0.25) is 9.69 Å². The molecule has 2 atom stereocenters. The predicted molar refractivity (Wildman–Crippen MR) is 140 cm³/mol. The second-order valence-corrected chi connectivity index (χ2v) is 13.0. The molecular weight excluding hydrogens is 424 g/mol. The molecule has 190 valence electrons. The van der Waals surface area contributed by atoms with Gasteiger partial charge in [0.2, 0.25) is 0 Å². The van der Waals surface area contributed by atoms with E-state index in [-0.39, 0.29) is 11.9 Å². The van der Waals surface area contributed by atoms with Crippen molar-refractivity contribution in [2.75, 3.05) is 26.2 Å². The molecule has 0 aromatic rings. The van der Waals surface area contributed by atoms with E-state index in [9.17, 15) is 4.79 Å². The fourth-order valence-corrected chi connectivity index (χ4v) is 9.94. The lowest BCUT2D eigenvalue weighted by Gasteiger charge is -2.66. The Bertz CT molecular complexity index is 593. The van der Waals surface area contributed by atoms with Crippen LogP contribution in [-0.2, 0) is 9.53 Å².